The van der Waals surface area contributed by atoms with Gasteiger partial charge in [0.25, 0.3) is 0 Å². The number of fused-ring (bicyclic) bond motifs is 1. The van der Waals surface area contributed by atoms with E-state index in [9.17, 15) is 0 Å². The van der Waals surface area contributed by atoms with Crippen molar-refractivity contribution in [2.75, 3.05) is 26.2 Å². The van der Waals surface area contributed by atoms with Gasteiger partial charge in [0.05, 0.1) is 6.54 Å². The minimum atomic E-state index is 0.726. The van der Waals surface area contributed by atoms with Crippen LogP contribution in [0.2, 0.25) is 0 Å². The molecule has 2 nitrogen and oxygen atoms in total. The van der Waals surface area contributed by atoms with Crippen molar-refractivity contribution in [1.82, 2.24) is 10.2 Å². The number of hydrogen-bond donors (Lipinski definition) is 1. The average Bonchev–Trinajstić information content (AvgIpc) is 2.89. The van der Waals surface area contributed by atoms with E-state index in [1.54, 1.807) is 0 Å². The van der Waals surface area contributed by atoms with E-state index in [2.05, 4.69) is 34.2 Å². The Bertz CT molecular complexity index is 443. The first-order valence-corrected chi connectivity index (χ1v) is 6.92. The summed E-state index contributed by atoms with van der Waals surface area (Å²) < 4.78 is 0. The van der Waals surface area contributed by atoms with Crippen molar-refractivity contribution >= 4 is 0 Å². The first kappa shape index (κ1) is 11.8. The molecule has 2 heterocycles. The van der Waals surface area contributed by atoms with Crippen LogP contribution in [0.25, 0.3) is 0 Å². The van der Waals surface area contributed by atoms with Crippen LogP contribution in [0.1, 0.15) is 18.4 Å². The predicted octanol–water partition coefficient (Wildman–Crippen LogP) is 1.72. The molecule has 1 N–H and O–H groups in total. The van der Waals surface area contributed by atoms with E-state index in [0.717, 1.165) is 30.6 Å². The van der Waals surface area contributed by atoms with Crippen LogP contribution in [0, 0.1) is 17.8 Å². The zero-order valence-electron chi connectivity index (χ0n) is 10.7. The molecule has 0 aromatic heterocycles. The molecule has 2 aliphatic heterocycles. The summed E-state index contributed by atoms with van der Waals surface area (Å²) in [5.74, 6) is 7.45. The van der Waals surface area contributed by atoms with E-state index in [4.69, 9.17) is 0 Å². The van der Waals surface area contributed by atoms with Gasteiger partial charge in [-0.15, -0.1) is 0 Å². The van der Waals surface area contributed by atoms with Crippen LogP contribution in [0.5, 0.6) is 0 Å². The van der Waals surface area contributed by atoms with E-state index in [-0.39, 0.29) is 0 Å². The lowest BCUT2D eigenvalue weighted by Crippen LogP contribution is -2.45. The maximum Gasteiger partial charge on any atom is 0.0608 e. The standard InChI is InChI=1S/C16H20N2/c1-2-6-14(7-3-1)8-4-10-18-11-5-9-15-12-17-13-16(15)18/h1-3,6-7,15-17H,5,9-13H2. The highest BCUT2D eigenvalue weighted by atomic mass is 15.2. The highest BCUT2D eigenvalue weighted by Crippen LogP contribution is 2.25. The fraction of sp³-hybridized carbons (Fsp3) is 0.500. The Labute approximate surface area is 109 Å². The third kappa shape index (κ3) is 2.58. The zero-order valence-corrected chi connectivity index (χ0v) is 10.7. The van der Waals surface area contributed by atoms with Crippen LogP contribution < -0.4 is 5.32 Å². The molecule has 3 rings (SSSR count). The third-order valence-electron chi connectivity index (χ3n) is 4.08. The van der Waals surface area contributed by atoms with Crippen molar-refractivity contribution in [1.29, 1.82) is 0 Å². The van der Waals surface area contributed by atoms with Crippen LogP contribution in [0.3, 0.4) is 0 Å². The summed E-state index contributed by atoms with van der Waals surface area (Å²) in [5.41, 5.74) is 1.12. The molecule has 2 fully saturated rings. The van der Waals surface area contributed by atoms with Gasteiger partial charge in [-0.2, -0.15) is 0 Å². The summed E-state index contributed by atoms with van der Waals surface area (Å²) in [4.78, 5) is 2.56. The largest absolute Gasteiger partial charge is 0.315 e. The van der Waals surface area contributed by atoms with Gasteiger partial charge in [0.2, 0.25) is 0 Å². The first-order chi connectivity index (χ1) is 8.93. The Balaban J connectivity index is 1.61. The molecule has 2 unspecified atom stereocenters. The quantitative estimate of drug-likeness (QED) is 0.752. The minimum Gasteiger partial charge on any atom is -0.315 e. The van der Waals surface area contributed by atoms with E-state index in [1.807, 2.05) is 18.2 Å². The predicted molar refractivity (Wildman–Crippen MR) is 74.3 cm³/mol. The maximum absolute atomic E-state index is 3.51. The summed E-state index contributed by atoms with van der Waals surface area (Å²) in [6.45, 7) is 4.48. The van der Waals surface area contributed by atoms with Crippen molar-refractivity contribution in [3.05, 3.63) is 35.9 Å². The number of rotatable bonds is 1. The van der Waals surface area contributed by atoms with Crippen LogP contribution in [-0.2, 0) is 0 Å². The highest BCUT2D eigenvalue weighted by Gasteiger charge is 2.34. The SMILES string of the molecule is C(#Cc1ccccc1)CN1CCCC2CNCC21. The number of hydrogen-bond acceptors (Lipinski definition) is 2. The lowest BCUT2D eigenvalue weighted by molar-refractivity contribution is 0.142. The number of nitrogens with one attached hydrogen (secondary N) is 1. The van der Waals surface area contributed by atoms with Crippen molar-refractivity contribution < 1.29 is 0 Å². The molecule has 0 aliphatic carbocycles. The summed E-state index contributed by atoms with van der Waals surface area (Å²) >= 11 is 0. The van der Waals surface area contributed by atoms with Gasteiger partial charge in [0, 0.05) is 18.2 Å². The molecule has 0 amide bonds. The second-order valence-electron chi connectivity index (χ2n) is 5.27. The van der Waals surface area contributed by atoms with Crippen LogP contribution >= 0.6 is 0 Å². The fourth-order valence-electron chi connectivity index (χ4n) is 3.12. The maximum atomic E-state index is 3.51. The van der Waals surface area contributed by atoms with Crippen molar-refractivity contribution in [2.45, 2.75) is 18.9 Å². The van der Waals surface area contributed by atoms with Gasteiger partial charge in [-0.3, -0.25) is 4.90 Å². The van der Waals surface area contributed by atoms with Gasteiger partial charge in [0.15, 0.2) is 0 Å². The monoisotopic (exact) mass is 240 g/mol. The Morgan fingerprint density at radius 1 is 1.22 bits per heavy atom. The third-order valence-corrected chi connectivity index (χ3v) is 4.08. The average molecular weight is 240 g/mol. The van der Waals surface area contributed by atoms with Crippen molar-refractivity contribution in [3.63, 3.8) is 0 Å². The lowest BCUT2D eigenvalue weighted by Gasteiger charge is -2.35. The number of likely N-dealkylation sites (tertiary alicyclic amines) is 1. The Morgan fingerprint density at radius 2 is 2.11 bits per heavy atom. The van der Waals surface area contributed by atoms with E-state index >= 15 is 0 Å². The van der Waals surface area contributed by atoms with Gasteiger partial charge < -0.3 is 5.32 Å². The molecule has 2 aliphatic rings. The van der Waals surface area contributed by atoms with E-state index in [0.29, 0.717) is 0 Å². The van der Waals surface area contributed by atoms with Crippen LogP contribution in [-0.4, -0.2) is 37.1 Å². The Hall–Kier alpha value is -1.30. The van der Waals surface area contributed by atoms with Crippen LogP contribution in [0.4, 0.5) is 0 Å². The fourth-order valence-corrected chi connectivity index (χ4v) is 3.12. The second kappa shape index (κ2) is 5.56. The van der Waals surface area contributed by atoms with Gasteiger partial charge in [-0.25, -0.2) is 0 Å². The molecule has 2 atom stereocenters. The van der Waals surface area contributed by atoms with Crippen LogP contribution in [0.15, 0.2) is 30.3 Å². The number of piperidine rings is 1. The second-order valence-corrected chi connectivity index (χ2v) is 5.27. The molecule has 0 saturated carbocycles. The topological polar surface area (TPSA) is 15.3 Å². The number of benzene rings is 1. The smallest absolute Gasteiger partial charge is 0.0608 e. The zero-order chi connectivity index (χ0) is 12.2. The molecular formula is C16H20N2. The summed E-state index contributed by atoms with van der Waals surface area (Å²) in [6.07, 6.45) is 2.72. The molecule has 1 aromatic rings. The Kier molecular flexibility index (Phi) is 3.64. The molecule has 0 spiro atoms. The van der Waals surface area contributed by atoms with Crippen molar-refractivity contribution in [3.8, 4) is 11.8 Å². The molecule has 18 heavy (non-hydrogen) atoms. The normalized spacial score (nSPS) is 27.3. The first-order valence-electron chi connectivity index (χ1n) is 6.92. The van der Waals surface area contributed by atoms with Gasteiger partial charge >= 0.3 is 0 Å². The number of nitrogens with zero attached hydrogens (tertiary/aromatic N) is 1. The minimum absolute atomic E-state index is 0.726. The van der Waals surface area contributed by atoms with Gasteiger partial charge in [0.1, 0.15) is 0 Å². The Morgan fingerprint density at radius 3 is 3.00 bits per heavy atom. The van der Waals surface area contributed by atoms with Crippen molar-refractivity contribution in [2.24, 2.45) is 5.92 Å². The molecule has 0 bridgehead atoms. The van der Waals surface area contributed by atoms with Gasteiger partial charge in [-0.1, -0.05) is 30.0 Å². The summed E-state index contributed by atoms with van der Waals surface area (Å²) in [5, 5.41) is 3.51. The van der Waals surface area contributed by atoms with E-state index in [1.165, 1.54) is 25.9 Å². The summed E-state index contributed by atoms with van der Waals surface area (Å²) in [7, 11) is 0. The molecule has 94 valence electrons. The molecule has 0 radical (unpaired) electrons. The molecule has 2 heteroatoms. The lowest BCUT2D eigenvalue weighted by atomic mass is 9.92. The molecule has 1 aromatic carbocycles. The summed E-state index contributed by atoms with van der Waals surface area (Å²) in [6, 6.07) is 11.0. The van der Waals surface area contributed by atoms with Gasteiger partial charge in [-0.05, 0) is 44.0 Å². The highest BCUT2D eigenvalue weighted by molar-refractivity contribution is 5.33. The molecular weight excluding hydrogens is 220 g/mol. The van der Waals surface area contributed by atoms with E-state index < -0.39 is 0 Å². The molecule has 2 saturated heterocycles.